The van der Waals surface area contributed by atoms with Gasteiger partial charge >= 0.3 is 6.09 Å². The van der Waals surface area contributed by atoms with Crippen molar-refractivity contribution in [1.29, 1.82) is 0 Å². The van der Waals surface area contributed by atoms with Crippen LogP contribution in [0, 0.1) is 0 Å². The average Bonchev–Trinajstić information content (AvgIpc) is 2.64. The average molecular weight is 326 g/mol. The van der Waals surface area contributed by atoms with E-state index in [1.165, 1.54) is 12.7 Å². The maximum absolute atomic E-state index is 11.1. The Morgan fingerprint density at radius 3 is 2.08 bits per heavy atom. The highest BCUT2D eigenvalue weighted by Crippen LogP contribution is 2.09. The molecule has 6 nitrogen and oxygen atoms in total. The number of carbonyl (C=O) groups excluding carboxylic acids is 1. The molecule has 0 atom stereocenters. The molecule has 2 rings (SSSR count). The van der Waals surface area contributed by atoms with Gasteiger partial charge in [-0.25, -0.2) is 4.79 Å². The highest BCUT2D eigenvalue weighted by atomic mass is 16.5. The number of nitrogens with zero attached hydrogens (tertiary/aromatic N) is 1. The summed E-state index contributed by atoms with van der Waals surface area (Å²) in [6.07, 6.45) is -0.480. The first-order chi connectivity index (χ1) is 11.7. The summed E-state index contributed by atoms with van der Waals surface area (Å²) in [6, 6.07) is 17.7. The quantitative estimate of drug-likeness (QED) is 0.583. The predicted octanol–water partition coefficient (Wildman–Crippen LogP) is 2.73. The summed E-state index contributed by atoms with van der Waals surface area (Å²) in [5.41, 5.74) is 2.96. The number of nitrogens with one attached hydrogen (secondary N) is 3. The van der Waals surface area contributed by atoms with Crippen molar-refractivity contribution in [2.24, 2.45) is 4.99 Å². The van der Waals surface area contributed by atoms with Crippen LogP contribution >= 0.6 is 0 Å². The lowest BCUT2D eigenvalue weighted by atomic mass is 10.2. The van der Waals surface area contributed by atoms with Crippen molar-refractivity contribution in [2.45, 2.75) is 13.1 Å². The van der Waals surface area contributed by atoms with Gasteiger partial charge in [-0.3, -0.25) is 10.3 Å². The third kappa shape index (κ3) is 5.64. The third-order valence-corrected chi connectivity index (χ3v) is 3.37. The lowest BCUT2D eigenvalue weighted by molar-refractivity contribution is 0.187. The van der Waals surface area contributed by atoms with E-state index in [0.29, 0.717) is 18.8 Å². The van der Waals surface area contributed by atoms with Crippen LogP contribution in [0.2, 0.25) is 0 Å². The van der Waals surface area contributed by atoms with Crippen LogP contribution in [0.3, 0.4) is 0 Å². The van der Waals surface area contributed by atoms with Gasteiger partial charge in [-0.1, -0.05) is 42.5 Å². The van der Waals surface area contributed by atoms with Crippen molar-refractivity contribution in [1.82, 2.24) is 10.6 Å². The number of ether oxygens (including phenoxy) is 1. The number of rotatable bonds is 5. The lowest BCUT2D eigenvalue weighted by Gasteiger charge is -2.12. The fourth-order valence-corrected chi connectivity index (χ4v) is 2.06. The van der Waals surface area contributed by atoms with Gasteiger partial charge in [0.15, 0.2) is 5.96 Å². The summed E-state index contributed by atoms with van der Waals surface area (Å²) in [6.45, 7) is 1.34. The van der Waals surface area contributed by atoms with Gasteiger partial charge in [0.05, 0.1) is 7.11 Å². The first kappa shape index (κ1) is 17.3. The zero-order chi connectivity index (χ0) is 17.2. The number of carbonyl (C=O) groups is 1. The van der Waals surface area contributed by atoms with Crippen LogP contribution in [0.15, 0.2) is 59.6 Å². The Bertz CT molecular complexity index is 669. The molecule has 0 aliphatic carbocycles. The number of amides is 1. The van der Waals surface area contributed by atoms with Gasteiger partial charge in [-0.05, 0) is 23.3 Å². The van der Waals surface area contributed by atoms with E-state index in [2.05, 4.69) is 37.8 Å². The fraction of sp³-hybridized carbons (Fsp3) is 0.222. The molecule has 2 aromatic carbocycles. The minimum absolute atomic E-state index is 0.480. The summed E-state index contributed by atoms with van der Waals surface area (Å²) in [7, 11) is 3.07. The Morgan fingerprint density at radius 1 is 0.958 bits per heavy atom. The van der Waals surface area contributed by atoms with Gasteiger partial charge < -0.3 is 15.4 Å². The van der Waals surface area contributed by atoms with Gasteiger partial charge in [-0.2, -0.15) is 0 Å². The van der Waals surface area contributed by atoms with Crippen LogP contribution in [0.1, 0.15) is 11.1 Å². The molecule has 0 saturated carbocycles. The number of guanidine groups is 1. The number of anilines is 1. The summed E-state index contributed by atoms with van der Waals surface area (Å²) < 4.78 is 4.55. The molecule has 0 bridgehead atoms. The monoisotopic (exact) mass is 326 g/mol. The molecule has 1 amide bonds. The van der Waals surface area contributed by atoms with Crippen LogP contribution in [0.4, 0.5) is 10.5 Å². The van der Waals surface area contributed by atoms with E-state index in [0.717, 1.165) is 11.5 Å². The molecule has 3 N–H and O–H groups in total. The van der Waals surface area contributed by atoms with Crippen molar-refractivity contribution in [3.8, 4) is 0 Å². The van der Waals surface area contributed by atoms with Crippen LogP contribution < -0.4 is 16.0 Å². The van der Waals surface area contributed by atoms with Crippen molar-refractivity contribution in [3.63, 3.8) is 0 Å². The van der Waals surface area contributed by atoms with E-state index in [1.54, 1.807) is 7.05 Å². The highest BCUT2D eigenvalue weighted by Gasteiger charge is 2.02. The Labute approximate surface area is 141 Å². The van der Waals surface area contributed by atoms with Crippen LogP contribution in [-0.4, -0.2) is 26.2 Å². The molecule has 0 spiro atoms. The molecule has 0 fully saturated rings. The van der Waals surface area contributed by atoms with Gasteiger partial charge in [0.25, 0.3) is 0 Å². The van der Waals surface area contributed by atoms with E-state index in [-0.39, 0.29) is 0 Å². The Kier molecular flexibility index (Phi) is 6.64. The third-order valence-electron chi connectivity index (χ3n) is 3.37. The van der Waals surface area contributed by atoms with E-state index >= 15 is 0 Å². The highest BCUT2D eigenvalue weighted by molar-refractivity contribution is 5.84. The van der Waals surface area contributed by atoms with Crippen molar-refractivity contribution in [2.75, 3.05) is 19.5 Å². The normalized spacial score (nSPS) is 10.8. The Morgan fingerprint density at radius 2 is 1.54 bits per heavy atom. The molecule has 24 heavy (non-hydrogen) atoms. The van der Waals surface area contributed by atoms with Gasteiger partial charge in [0.1, 0.15) is 0 Å². The molecule has 0 aliphatic rings. The van der Waals surface area contributed by atoms with Crippen molar-refractivity contribution >= 4 is 17.7 Å². The molecule has 0 saturated heterocycles. The minimum Gasteiger partial charge on any atom is -0.453 e. The minimum atomic E-state index is -0.480. The van der Waals surface area contributed by atoms with Crippen molar-refractivity contribution < 1.29 is 9.53 Å². The molecule has 0 aliphatic heterocycles. The maximum Gasteiger partial charge on any atom is 0.411 e. The maximum atomic E-state index is 11.1. The van der Waals surface area contributed by atoms with Crippen molar-refractivity contribution in [3.05, 3.63) is 65.7 Å². The molecule has 2 aromatic rings. The molecular formula is C18H22N4O2. The number of benzene rings is 2. The topological polar surface area (TPSA) is 74.8 Å². The predicted molar refractivity (Wildman–Crippen MR) is 96.0 cm³/mol. The number of methoxy groups -OCH3 is 1. The van der Waals surface area contributed by atoms with E-state index in [4.69, 9.17) is 0 Å². The smallest absolute Gasteiger partial charge is 0.411 e. The molecular weight excluding hydrogens is 304 g/mol. The van der Waals surface area contributed by atoms with Crippen LogP contribution in [0.25, 0.3) is 0 Å². The first-order valence-corrected chi connectivity index (χ1v) is 7.63. The molecule has 126 valence electrons. The second-order valence-corrected chi connectivity index (χ2v) is 5.08. The Balaban J connectivity index is 1.81. The van der Waals surface area contributed by atoms with Crippen LogP contribution in [0.5, 0.6) is 0 Å². The molecule has 0 aromatic heterocycles. The zero-order valence-corrected chi connectivity index (χ0v) is 13.9. The summed E-state index contributed by atoms with van der Waals surface area (Å²) >= 11 is 0. The summed E-state index contributed by atoms with van der Waals surface area (Å²) in [5.74, 6) is 0.732. The summed E-state index contributed by atoms with van der Waals surface area (Å²) in [5, 5.41) is 9.14. The number of hydrogen-bond acceptors (Lipinski definition) is 3. The number of hydrogen-bond donors (Lipinski definition) is 3. The second kappa shape index (κ2) is 9.19. The standard InChI is InChI=1S/C18H22N4O2/c1-19-17(20-12-14-6-4-3-5-7-14)21-13-15-8-10-16(11-9-15)22-18(23)24-2/h3-11H,12-13H2,1-2H3,(H,22,23)(H2,19,20,21). The van der Waals surface area contributed by atoms with E-state index < -0.39 is 6.09 Å². The molecule has 0 radical (unpaired) electrons. The van der Waals surface area contributed by atoms with Gasteiger partial charge in [0, 0.05) is 25.8 Å². The fourth-order valence-electron chi connectivity index (χ4n) is 2.06. The number of aliphatic imine (C=N–C) groups is 1. The Hall–Kier alpha value is -3.02. The first-order valence-electron chi connectivity index (χ1n) is 7.63. The largest absolute Gasteiger partial charge is 0.453 e. The molecule has 0 heterocycles. The van der Waals surface area contributed by atoms with Gasteiger partial charge in [-0.15, -0.1) is 0 Å². The van der Waals surface area contributed by atoms with E-state index in [9.17, 15) is 4.79 Å². The SMILES string of the molecule is CN=C(NCc1ccccc1)NCc1ccc(NC(=O)OC)cc1. The van der Waals surface area contributed by atoms with E-state index in [1.807, 2.05) is 42.5 Å². The zero-order valence-electron chi connectivity index (χ0n) is 13.9. The molecule has 6 heteroatoms. The summed E-state index contributed by atoms with van der Waals surface area (Å²) in [4.78, 5) is 15.3. The van der Waals surface area contributed by atoms with Crippen LogP contribution in [-0.2, 0) is 17.8 Å². The van der Waals surface area contributed by atoms with Gasteiger partial charge in [0.2, 0.25) is 0 Å². The second-order valence-electron chi connectivity index (χ2n) is 5.08. The lowest BCUT2D eigenvalue weighted by Crippen LogP contribution is -2.36. The molecule has 0 unspecified atom stereocenters.